The molecule has 2 heteroatoms. The third-order valence-electron chi connectivity index (χ3n) is 10.4. The van der Waals surface area contributed by atoms with Crippen LogP contribution in [0.4, 0.5) is 0 Å². The molecule has 0 amide bonds. The minimum atomic E-state index is 0.433. The van der Waals surface area contributed by atoms with Crippen LogP contribution in [0.3, 0.4) is 0 Å². The van der Waals surface area contributed by atoms with E-state index >= 15 is 0 Å². The molecule has 2 aromatic rings. The zero-order valence-electron chi connectivity index (χ0n) is 32.0. The quantitative estimate of drug-likeness (QED) is 0.191. The lowest BCUT2D eigenvalue weighted by atomic mass is 9.86. The molecule has 0 bridgehead atoms. The number of rotatable bonds is 15. The van der Waals surface area contributed by atoms with Gasteiger partial charge in [0.15, 0.2) is 0 Å². The monoisotopic (exact) mass is 661 g/mol. The Morgan fingerprint density at radius 3 is 2.29 bits per heavy atom. The summed E-state index contributed by atoms with van der Waals surface area (Å²) >= 11 is 0. The molecule has 5 rings (SSSR count). The maximum atomic E-state index is 4.50. The number of hydrogen-bond acceptors (Lipinski definition) is 2. The minimum Gasteiger partial charge on any atom is -0.384 e. The van der Waals surface area contributed by atoms with Crippen molar-refractivity contribution in [3.63, 3.8) is 0 Å². The fraction of sp³-hybridized carbons (Fsp3) is 0.489. The van der Waals surface area contributed by atoms with Crippen molar-refractivity contribution >= 4 is 0 Å². The Balaban J connectivity index is 0.00000157. The van der Waals surface area contributed by atoms with Gasteiger partial charge < -0.3 is 10.2 Å². The molecule has 2 heterocycles. The fourth-order valence-electron chi connectivity index (χ4n) is 7.39. The number of piperidine rings is 1. The van der Waals surface area contributed by atoms with Gasteiger partial charge in [-0.2, -0.15) is 0 Å². The number of likely N-dealkylation sites (tertiary alicyclic amines) is 1. The lowest BCUT2D eigenvalue weighted by molar-refractivity contribution is 0.178. The van der Waals surface area contributed by atoms with Crippen LogP contribution < -0.4 is 5.32 Å². The first-order valence-corrected chi connectivity index (χ1v) is 19.8. The summed E-state index contributed by atoms with van der Waals surface area (Å²) in [5, 5.41) is 3.82. The first-order valence-electron chi connectivity index (χ1n) is 19.8. The van der Waals surface area contributed by atoms with Gasteiger partial charge in [0.2, 0.25) is 0 Å². The fourth-order valence-corrected chi connectivity index (χ4v) is 7.39. The van der Waals surface area contributed by atoms with Crippen LogP contribution in [0.2, 0.25) is 0 Å². The molecule has 49 heavy (non-hydrogen) atoms. The molecule has 2 aromatic carbocycles. The van der Waals surface area contributed by atoms with Gasteiger partial charge in [0, 0.05) is 24.7 Å². The van der Waals surface area contributed by atoms with Gasteiger partial charge in [0.1, 0.15) is 0 Å². The Morgan fingerprint density at radius 2 is 1.61 bits per heavy atom. The number of dihydropyridines is 1. The highest BCUT2D eigenvalue weighted by Gasteiger charge is 2.25. The van der Waals surface area contributed by atoms with Crippen molar-refractivity contribution in [2.24, 2.45) is 11.8 Å². The van der Waals surface area contributed by atoms with Gasteiger partial charge in [-0.25, -0.2) is 0 Å². The highest BCUT2D eigenvalue weighted by Crippen LogP contribution is 2.32. The average Bonchev–Trinajstić information content (AvgIpc) is 3.45. The molecule has 2 aliphatic heterocycles. The SMILES string of the molecule is C=C(CCCCC(CC)Cc1ccccc1)C1=CC(C)=C(CC2CCN(CC(C3=CCC=CC=C3)c3ccccc3)CC2)NC1.CC.CC. The van der Waals surface area contributed by atoms with E-state index in [9.17, 15) is 0 Å². The third-order valence-corrected chi connectivity index (χ3v) is 10.4. The molecule has 0 spiro atoms. The van der Waals surface area contributed by atoms with Gasteiger partial charge in [-0.05, 0) is 105 Å². The zero-order chi connectivity index (χ0) is 35.3. The molecule has 2 atom stereocenters. The van der Waals surface area contributed by atoms with Crippen LogP contribution in [0.15, 0.2) is 132 Å². The van der Waals surface area contributed by atoms with E-state index < -0.39 is 0 Å². The lowest BCUT2D eigenvalue weighted by Crippen LogP contribution is -2.37. The van der Waals surface area contributed by atoms with E-state index in [2.05, 4.69) is 128 Å². The van der Waals surface area contributed by atoms with Crippen molar-refractivity contribution in [2.75, 3.05) is 26.2 Å². The first-order chi connectivity index (χ1) is 24.1. The van der Waals surface area contributed by atoms with Gasteiger partial charge in [-0.15, -0.1) is 0 Å². The number of benzene rings is 2. The summed E-state index contributed by atoms with van der Waals surface area (Å²) in [7, 11) is 0. The van der Waals surface area contributed by atoms with Crippen molar-refractivity contribution in [1.82, 2.24) is 10.2 Å². The Morgan fingerprint density at radius 1 is 0.918 bits per heavy atom. The lowest BCUT2D eigenvalue weighted by Gasteiger charge is -2.36. The normalized spacial score (nSPS) is 17.7. The highest BCUT2D eigenvalue weighted by molar-refractivity contribution is 5.42. The molecule has 1 aliphatic carbocycles. The largest absolute Gasteiger partial charge is 0.384 e. The van der Waals surface area contributed by atoms with E-state index in [1.807, 2.05) is 27.7 Å². The maximum absolute atomic E-state index is 4.50. The molecule has 266 valence electrons. The number of unbranched alkanes of at least 4 members (excludes halogenated alkanes) is 1. The maximum Gasteiger partial charge on any atom is 0.0400 e. The second kappa shape index (κ2) is 23.1. The van der Waals surface area contributed by atoms with Crippen LogP contribution >= 0.6 is 0 Å². The summed E-state index contributed by atoms with van der Waals surface area (Å²) < 4.78 is 0. The van der Waals surface area contributed by atoms with E-state index in [0.29, 0.717) is 5.92 Å². The molecule has 1 N–H and O–H groups in total. The van der Waals surface area contributed by atoms with E-state index in [4.69, 9.17) is 0 Å². The van der Waals surface area contributed by atoms with Crippen molar-refractivity contribution < 1.29 is 0 Å². The molecule has 0 saturated carbocycles. The van der Waals surface area contributed by atoms with Crippen molar-refractivity contribution in [2.45, 2.75) is 112 Å². The van der Waals surface area contributed by atoms with E-state index in [1.54, 1.807) is 0 Å². The topological polar surface area (TPSA) is 15.3 Å². The minimum absolute atomic E-state index is 0.433. The Hall–Kier alpha value is -3.36. The Bertz CT molecular complexity index is 1370. The van der Waals surface area contributed by atoms with Gasteiger partial charge >= 0.3 is 0 Å². The van der Waals surface area contributed by atoms with E-state index in [0.717, 1.165) is 37.8 Å². The average molecular weight is 661 g/mol. The van der Waals surface area contributed by atoms with Gasteiger partial charge in [0.05, 0.1) is 0 Å². The number of hydrogen-bond donors (Lipinski definition) is 1. The van der Waals surface area contributed by atoms with Gasteiger partial charge in [-0.1, -0.05) is 163 Å². The molecule has 2 unspecified atom stereocenters. The van der Waals surface area contributed by atoms with E-state index in [-0.39, 0.29) is 0 Å². The molecule has 0 aromatic heterocycles. The van der Waals surface area contributed by atoms with Gasteiger partial charge in [0.25, 0.3) is 0 Å². The molecular formula is C47H68N2. The zero-order valence-corrected chi connectivity index (χ0v) is 32.0. The summed E-state index contributed by atoms with van der Waals surface area (Å²) in [5.41, 5.74) is 9.98. The predicted octanol–water partition coefficient (Wildman–Crippen LogP) is 12.6. The molecule has 2 nitrogen and oxygen atoms in total. The van der Waals surface area contributed by atoms with Crippen molar-refractivity contribution in [3.8, 4) is 0 Å². The molecule has 3 aliphatic rings. The molecular weight excluding hydrogens is 593 g/mol. The molecule has 1 fully saturated rings. The third kappa shape index (κ3) is 13.5. The van der Waals surface area contributed by atoms with Crippen molar-refractivity contribution in [1.29, 1.82) is 0 Å². The molecule has 1 saturated heterocycles. The Kier molecular flexibility index (Phi) is 18.9. The van der Waals surface area contributed by atoms with Crippen molar-refractivity contribution in [3.05, 3.63) is 143 Å². The number of allylic oxidation sites excluding steroid dienone is 8. The number of nitrogens with zero attached hydrogens (tertiary/aromatic N) is 1. The second-order valence-electron chi connectivity index (χ2n) is 13.6. The summed E-state index contributed by atoms with van der Waals surface area (Å²) in [6, 6.07) is 22.1. The predicted molar refractivity (Wildman–Crippen MR) is 217 cm³/mol. The standard InChI is InChI=1S/C43H56N2.2C2H6/c1-4-36(30-37-19-9-7-10-20-37)18-16-15-17-34(2)41-29-35(3)43(44-32-41)31-38-25-27-45(28-26-38)33-42(40-23-13-8-14-24-40)39-21-11-5-6-12-22-39;2*1-2/h5-11,13-14,19-24,29,36,38,42,44H,2,4,12,15-18,25-28,30-33H2,1,3H3;2*1-2H3. The summed E-state index contributed by atoms with van der Waals surface area (Å²) in [6.07, 6.45) is 26.0. The van der Waals surface area contributed by atoms with Crippen LogP contribution in [-0.2, 0) is 6.42 Å². The van der Waals surface area contributed by atoms with Crippen LogP contribution in [0.5, 0.6) is 0 Å². The summed E-state index contributed by atoms with van der Waals surface area (Å²) in [6.45, 7) is 21.6. The smallest absolute Gasteiger partial charge is 0.0400 e. The van der Waals surface area contributed by atoms with Crippen LogP contribution in [0.25, 0.3) is 0 Å². The summed E-state index contributed by atoms with van der Waals surface area (Å²) in [4.78, 5) is 2.71. The van der Waals surface area contributed by atoms with Crippen LogP contribution in [0.1, 0.15) is 116 Å². The highest BCUT2D eigenvalue weighted by atomic mass is 15.1. The Labute approximate surface area is 301 Å². The summed E-state index contributed by atoms with van der Waals surface area (Å²) in [5.74, 6) is 1.98. The van der Waals surface area contributed by atoms with Gasteiger partial charge in [-0.3, -0.25) is 0 Å². The second-order valence-corrected chi connectivity index (χ2v) is 13.6. The van der Waals surface area contributed by atoms with Crippen LogP contribution in [0, 0.1) is 11.8 Å². The molecule has 0 radical (unpaired) electrons. The van der Waals surface area contributed by atoms with E-state index in [1.165, 1.54) is 104 Å². The first kappa shape index (κ1) is 40.1. The van der Waals surface area contributed by atoms with Crippen LogP contribution in [-0.4, -0.2) is 31.1 Å². The number of nitrogens with one attached hydrogen (secondary N) is 1.